The molecule has 0 saturated heterocycles. The lowest BCUT2D eigenvalue weighted by atomic mass is 10.0. The van der Waals surface area contributed by atoms with Crippen LogP contribution in [0.3, 0.4) is 0 Å². The maximum atomic E-state index is 13.6. The molecule has 4 aromatic rings. The fourth-order valence-corrected chi connectivity index (χ4v) is 6.07. The smallest absolute Gasteiger partial charge is 0.306 e. The highest BCUT2D eigenvalue weighted by Gasteiger charge is 2.30. The normalized spacial score (nSPS) is 13.8. The van der Waals surface area contributed by atoms with Gasteiger partial charge in [0.1, 0.15) is 0 Å². The number of anilines is 1. The van der Waals surface area contributed by atoms with Gasteiger partial charge in [-0.3, -0.25) is 9.10 Å². The number of H-pyrrole nitrogens is 1. The van der Waals surface area contributed by atoms with Crippen molar-refractivity contribution in [3.63, 3.8) is 0 Å². The molecule has 1 N–H and O–H groups in total. The van der Waals surface area contributed by atoms with Gasteiger partial charge in [0.2, 0.25) is 0 Å². The van der Waals surface area contributed by atoms with E-state index in [1.165, 1.54) is 22.5 Å². The molecule has 0 amide bonds. The van der Waals surface area contributed by atoms with Gasteiger partial charge >= 0.3 is 5.69 Å². The first-order valence-electron chi connectivity index (χ1n) is 10.4. The number of aromatic nitrogens is 2. The number of fused-ring (bicyclic) bond motifs is 2. The van der Waals surface area contributed by atoms with Crippen molar-refractivity contribution in [1.29, 1.82) is 0 Å². The number of benzene rings is 3. The van der Waals surface area contributed by atoms with Crippen molar-refractivity contribution in [1.82, 2.24) is 9.55 Å². The summed E-state index contributed by atoms with van der Waals surface area (Å²) in [7, 11) is -3.95. The standard InChI is InChI=1S/C24H20ClN3O4S/c1-15-6-4-9-18-22(15)26-24(30)28(23(18)29)21-14-17(11-12-19(21)25)33(31,32)27-13-5-8-16-7-2-3-10-20(16)27/h2-4,6-7,9-12,14H,5,8,13H2,1H3,(H,26,30). The van der Waals surface area contributed by atoms with Crippen LogP contribution in [-0.2, 0) is 16.4 Å². The first-order valence-corrected chi connectivity index (χ1v) is 12.3. The van der Waals surface area contributed by atoms with E-state index in [0.29, 0.717) is 29.6 Å². The maximum absolute atomic E-state index is 13.6. The number of aromatic amines is 1. The first kappa shape index (κ1) is 21.5. The highest BCUT2D eigenvalue weighted by molar-refractivity contribution is 7.92. The summed E-state index contributed by atoms with van der Waals surface area (Å²) in [5, 5.41) is 0.400. The second-order valence-corrected chi connectivity index (χ2v) is 10.3. The molecule has 33 heavy (non-hydrogen) atoms. The molecule has 0 radical (unpaired) electrons. The number of para-hydroxylation sites is 2. The van der Waals surface area contributed by atoms with Crippen LogP contribution in [-0.4, -0.2) is 24.5 Å². The van der Waals surface area contributed by atoms with Gasteiger partial charge in [0.25, 0.3) is 15.6 Å². The molecular formula is C24H20ClN3O4S. The number of hydrogen-bond acceptors (Lipinski definition) is 4. The van der Waals surface area contributed by atoms with E-state index < -0.39 is 21.3 Å². The van der Waals surface area contributed by atoms with E-state index in [-0.39, 0.29) is 15.6 Å². The Labute approximate surface area is 194 Å². The molecule has 1 aromatic heterocycles. The third kappa shape index (κ3) is 3.46. The molecule has 2 heterocycles. The number of nitrogens with zero attached hydrogens (tertiary/aromatic N) is 2. The predicted molar refractivity (Wildman–Crippen MR) is 129 cm³/mol. The average Bonchev–Trinajstić information content (AvgIpc) is 2.80. The largest absolute Gasteiger partial charge is 0.333 e. The molecule has 0 bridgehead atoms. The van der Waals surface area contributed by atoms with Gasteiger partial charge in [0.15, 0.2) is 0 Å². The van der Waals surface area contributed by atoms with Crippen LogP contribution in [0.4, 0.5) is 5.69 Å². The summed E-state index contributed by atoms with van der Waals surface area (Å²) in [5.74, 6) is 0. The Morgan fingerprint density at radius 3 is 2.58 bits per heavy atom. The summed E-state index contributed by atoms with van der Waals surface area (Å²) in [6.45, 7) is 2.13. The van der Waals surface area contributed by atoms with Crippen LogP contribution >= 0.6 is 11.6 Å². The van der Waals surface area contributed by atoms with Crippen LogP contribution < -0.4 is 15.6 Å². The van der Waals surface area contributed by atoms with Crippen LogP contribution in [0.5, 0.6) is 0 Å². The van der Waals surface area contributed by atoms with Gasteiger partial charge < -0.3 is 4.98 Å². The topological polar surface area (TPSA) is 92.2 Å². The first-order chi connectivity index (χ1) is 15.8. The zero-order valence-corrected chi connectivity index (χ0v) is 19.3. The summed E-state index contributed by atoms with van der Waals surface area (Å²) >= 11 is 6.35. The van der Waals surface area contributed by atoms with E-state index in [2.05, 4.69) is 4.98 Å². The summed E-state index contributed by atoms with van der Waals surface area (Å²) in [6, 6.07) is 16.6. The third-order valence-electron chi connectivity index (χ3n) is 5.96. The summed E-state index contributed by atoms with van der Waals surface area (Å²) in [4.78, 5) is 28.7. The summed E-state index contributed by atoms with van der Waals surface area (Å²) in [5.41, 5.74) is 1.53. The van der Waals surface area contributed by atoms with Crippen LogP contribution in [0.2, 0.25) is 5.02 Å². The Kier molecular flexibility index (Phi) is 5.14. The maximum Gasteiger partial charge on any atom is 0.333 e. The Balaban J connectivity index is 1.70. The average molecular weight is 482 g/mol. The van der Waals surface area contributed by atoms with Crippen molar-refractivity contribution < 1.29 is 8.42 Å². The van der Waals surface area contributed by atoms with E-state index in [9.17, 15) is 18.0 Å². The van der Waals surface area contributed by atoms with Gasteiger partial charge in [-0.05, 0) is 61.2 Å². The predicted octanol–water partition coefficient (Wildman–Crippen LogP) is 3.78. The number of halogens is 1. The van der Waals surface area contributed by atoms with Crippen molar-refractivity contribution >= 4 is 38.2 Å². The number of sulfonamides is 1. The van der Waals surface area contributed by atoms with Gasteiger partial charge in [-0.1, -0.05) is 41.9 Å². The van der Waals surface area contributed by atoms with Crippen molar-refractivity contribution in [2.75, 3.05) is 10.8 Å². The second kappa shape index (κ2) is 7.90. The minimum absolute atomic E-state index is 0.0118. The molecule has 1 aliphatic rings. The van der Waals surface area contributed by atoms with E-state index in [1.807, 2.05) is 12.1 Å². The summed E-state index contributed by atoms with van der Waals surface area (Å²) < 4.78 is 29.4. The van der Waals surface area contributed by atoms with Crippen molar-refractivity contribution in [2.45, 2.75) is 24.7 Å². The fraction of sp³-hybridized carbons (Fsp3) is 0.167. The number of hydrogen-bond donors (Lipinski definition) is 1. The van der Waals surface area contributed by atoms with Crippen LogP contribution in [0.25, 0.3) is 16.6 Å². The molecule has 0 saturated carbocycles. The lowest BCUT2D eigenvalue weighted by Gasteiger charge is -2.30. The molecule has 3 aromatic carbocycles. The fourth-order valence-electron chi connectivity index (χ4n) is 4.31. The lowest BCUT2D eigenvalue weighted by Crippen LogP contribution is -2.36. The van der Waals surface area contributed by atoms with E-state index in [4.69, 9.17) is 11.6 Å². The van der Waals surface area contributed by atoms with Crippen molar-refractivity contribution in [2.24, 2.45) is 0 Å². The Hall–Kier alpha value is -3.36. The lowest BCUT2D eigenvalue weighted by molar-refractivity contribution is 0.586. The zero-order valence-electron chi connectivity index (χ0n) is 17.7. The molecule has 1 aliphatic heterocycles. The Morgan fingerprint density at radius 1 is 0.970 bits per heavy atom. The third-order valence-corrected chi connectivity index (χ3v) is 8.08. The van der Waals surface area contributed by atoms with Gasteiger partial charge in [-0.15, -0.1) is 0 Å². The Bertz CT molecular complexity index is 1640. The minimum Gasteiger partial charge on any atom is -0.306 e. The van der Waals surface area contributed by atoms with Gasteiger partial charge in [-0.2, -0.15) is 0 Å². The van der Waals surface area contributed by atoms with Gasteiger partial charge in [0.05, 0.1) is 32.2 Å². The van der Waals surface area contributed by atoms with E-state index in [1.54, 1.807) is 37.3 Å². The molecule has 0 spiro atoms. The van der Waals surface area contributed by atoms with Gasteiger partial charge in [0, 0.05) is 6.54 Å². The van der Waals surface area contributed by atoms with Crippen molar-refractivity contribution in [3.05, 3.63) is 97.7 Å². The molecule has 9 heteroatoms. The molecule has 5 rings (SSSR count). The van der Waals surface area contributed by atoms with E-state index in [0.717, 1.165) is 22.1 Å². The highest BCUT2D eigenvalue weighted by atomic mass is 35.5. The van der Waals surface area contributed by atoms with Crippen molar-refractivity contribution in [3.8, 4) is 5.69 Å². The van der Waals surface area contributed by atoms with Gasteiger partial charge in [-0.25, -0.2) is 17.8 Å². The monoisotopic (exact) mass is 481 g/mol. The molecular weight excluding hydrogens is 462 g/mol. The molecule has 7 nitrogen and oxygen atoms in total. The second-order valence-electron chi connectivity index (χ2n) is 7.99. The van der Waals surface area contributed by atoms with E-state index >= 15 is 0 Å². The SMILES string of the molecule is Cc1cccc2c(=O)n(-c3cc(S(=O)(=O)N4CCCc5ccccc54)ccc3Cl)c(=O)[nH]c12. The molecule has 0 fully saturated rings. The number of rotatable bonds is 3. The quantitative estimate of drug-likeness (QED) is 0.482. The summed E-state index contributed by atoms with van der Waals surface area (Å²) in [6.07, 6.45) is 1.50. The molecule has 0 atom stereocenters. The van der Waals surface area contributed by atoms with Crippen LogP contribution in [0.1, 0.15) is 17.5 Å². The van der Waals surface area contributed by atoms with Crippen LogP contribution in [0.15, 0.2) is 75.1 Å². The Morgan fingerprint density at radius 2 is 1.76 bits per heavy atom. The minimum atomic E-state index is -3.95. The van der Waals surface area contributed by atoms with Crippen LogP contribution in [0, 0.1) is 6.92 Å². The molecule has 0 unspecified atom stereocenters. The number of nitrogens with one attached hydrogen (secondary N) is 1. The zero-order chi connectivity index (χ0) is 23.3. The molecule has 168 valence electrons. The number of aryl methyl sites for hydroxylation is 2. The highest BCUT2D eigenvalue weighted by Crippen LogP contribution is 2.33. The molecule has 0 aliphatic carbocycles.